The zero-order valence-electron chi connectivity index (χ0n) is 11.0. The lowest BCUT2D eigenvalue weighted by atomic mass is 10.2. The second-order valence-electron chi connectivity index (χ2n) is 3.96. The molecular weight excluding hydrogens is 247 g/mol. The molecule has 0 saturated carbocycles. The fourth-order valence-corrected chi connectivity index (χ4v) is 1.52. The summed E-state index contributed by atoms with van der Waals surface area (Å²) in [6.07, 6.45) is 4.35. The molecule has 1 unspecified atom stereocenters. The molecule has 1 atom stereocenters. The Bertz CT molecular complexity index is 483. The topological polar surface area (TPSA) is 50.4 Å². The number of nitrogens with one attached hydrogen (secondary N) is 2. The van der Waals surface area contributed by atoms with E-state index in [0.717, 1.165) is 0 Å². The first-order valence-corrected chi connectivity index (χ1v) is 5.89. The first-order valence-electron chi connectivity index (χ1n) is 5.89. The molecule has 0 radical (unpaired) electrons. The Kier molecular flexibility index (Phi) is 5.83. The molecule has 1 rings (SSSR count). The van der Waals surface area contributed by atoms with Crippen LogP contribution in [0.25, 0.3) is 0 Å². The minimum Gasteiger partial charge on any atom is -0.481 e. The number of amides is 1. The molecule has 1 aromatic carbocycles. The van der Waals surface area contributed by atoms with Gasteiger partial charge in [0.1, 0.15) is 11.6 Å². The number of rotatable bonds is 6. The highest BCUT2D eigenvalue weighted by atomic mass is 19.1. The van der Waals surface area contributed by atoms with E-state index < -0.39 is 6.10 Å². The van der Waals surface area contributed by atoms with Crippen LogP contribution in [0, 0.1) is 18.2 Å². The molecule has 0 aliphatic heterocycles. The standard InChI is InChI=1S/C14H17FN2O2/c1-4-7-17-14(18)10(2)19-13-6-5-12(15)8-11(13)9-16-3/h1,5-6,8,10,16H,7,9H2,2-3H3,(H,17,18). The molecule has 0 aliphatic carbocycles. The number of hydrogen-bond acceptors (Lipinski definition) is 3. The molecule has 0 fully saturated rings. The van der Waals surface area contributed by atoms with Crippen LogP contribution in [0.15, 0.2) is 18.2 Å². The lowest BCUT2D eigenvalue weighted by Gasteiger charge is -2.16. The molecule has 102 valence electrons. The van der Waals surface area contributed by atoms with Gasteiger partial charge in [-0.2, -0.15) is 0 Å². The SMILES string of the molecule is C#CCNC(=O)C(C)Oc1ccc(F)cc1CNC. The average Bonchev–Trinajstić information content (AvgIpc) is 2.39. The van der Waals surface area contributed by atoms with Crippen molar-refractivity contribution in [3.8, 4) is 18.1 Å². The van der Waals surface area contributed by atoms with Gasteiger partial charge >= 0.3 is 0 Å². The van der Waals surface area contributed by atoms with Crippen LogP contribution < -0.4 is 15.4 Å². The van der Waals surface area contributed by atoms with E-state index in [2.05, 4.69) is 16.6 Å². The fraction of sp³-hybridized carbons (Fsp3) is 0.357. The van der Waals surface area contributed by atoms with Gasteiger partial charge in [0.25, 0.3) is 5.91 Å². The van der Waals surface area contributed by atoms with Crippen LogP contribution in [-0.2, 0) is 11.3 Å². The van der Waals surface area contributed by atoms with Crippen LogP contribution in [0.4, 0.5) is 4.39 Å². The van der Waals surface area contributed by atoms with Crippen molar-refractivity contribution < 1.29 is 13.9 Å². The van der Waals surface area contributed by atoms with E-state index in [1.54, 1.807) is 14.0 Å². The number of carbonyl (C=O) groups excluding carboxylic acids is 1. The molecular formula is C14H17FN2O2. The van der Waals surface area contributed by atoms with Gasteiger partial charge in [-0.1, -0.05) is 5.92 Å². The third kappa shape index (κ3) is 4.60. The summed E-state index contributed by atoms with van der Waals surface area (Å²) >= 11 is 0. The van der Waals surface area contributed by atoms with Crippen LogP contribution >= 0.6 is 0 Å². The highest BCUT2D eigenvalue weighted by Gasteiger charge is 2.15. The van der Waals surface area contributed by atoms with Gasteiger partial charge in [-0.25, -0.2) is 4.39 Å². The Labute approximate surface area is 112 Å². The zero-order chi connectivity index (χ0) is 14.3. The number of carbonyl (C=O) groups is 1. The van der Waals surface area contributed by atoms with Gasteiger partial charge in [0, 0.05) is 12.1 Å². The van der Waals surface area contributed by atoms with Crippen LogP contribution in [0.1, 0.15) is 12.5 Å². The van der Waals surface area contributed by atoms with Crippen LogP contribution in [0.2, 0.25) is 0 Å². The summed E-state index contributed by atoms with van der Waals surface area (Å²) in [6.45, 7) is 2.21. The normalized spacial score (nSPS) is 11.5. The number of ether oxygens (including phenoxy) is 1. The van der Waals surface area contributed by atoms with Crippen molar-refractivity contribution in [1.29, 1.82) is 0 Å². The second-order valence-corrected chi connectivity index (χ2v) is 3.96. The molecule has 1 aromatic rings. The third-order valence-electron chi connectivity index (χ3n) is 2.43. The van der Waals surface area contributed by atoms with Crippen molar-refractivity contribution in [1.82, 2.24) is 10.6 Å². The smallest absolute Gasteiger partial charge is 0.261 e. The first-order chi connectivity index (χ1) is 9.08. The van der Waals surface area contributed by atoms with Crippen LogP contribution in [0.5, 0.6) is 5.75 Å². The molecule has 0 aromatic heterocycles. The Balaban J connectivity index is 2.75. The number of halogens is 1. The number of terminal acetylenes is 1. The molecule has 1 amide bonds. The van der Waals surface area contributed by atoms with Crippen molar-refractivity contribution in [2.24, 2.45) is 0 Å². The summed E-state index contributed by atoms with van der Waals surface area (Å²) < 4.78 is 18.7. The predicted molar refractivity (Wildman–Crippen MR) is 71.1 cm³/mol. The second kappa shape index (κ2) is 7.39. The van der Waals surface area contributed by atoms with Crippen LogP contribution in [-0.4, -0.2) is 25.6 Å². The van der Waals surface area contributed by atoms with Gasteiger partial charge in [0.05, 0.1) is 6.54 Å². The summed E-state index contributed by atoms with van der Waals surface area (Å²) in [7, 11) is 1.75. The molecule has 0 aliphatic rings. The molecule has 0 saturated heterocycles. The number of hydrogen-bond donors (Lipinski definition) is 2. The van der Waals surface area contributed by atoms with E-state index >= 15 is 0 Å². The molecule has 0 spiro atoms. The monoisotopic (exact) mass is 264 g/mol. The van der Waals surface area contributed by atoms with E-state index in [9.17, 15) is 9.18 Å². The summed E-state index contributed by atoms with van der Waals surface area (Å²) in [4.78, 5) is 11.6. The summed E-state index contributed by atoms with van der Waals surface area (Å²) in [5, 5.41) is 5.44. The van der Waals surface area contributed by atoms with Crippen molar-refractivity contribution in [2.75, 3.05) is 13.6 Å². The van der Waals surface area contributed by atoms with Gasteiger partial charge in [-0.3, -0.25) is 4.79 Å². The van der Waals surface area contributed by atoms with Gasteiger partial charge in [0.2, 0.25) is 0 Å². The molecule has 4 nitrogen and oxygen atoms in total. The van der Waals surface area contributed by atoms with Gasteiger partial charge in [-0.05, 0) is 32.2 Å². The summed E-state index contributed by atoms with van der Waals surface area (Å²) in [5.41, 5.74) is 0.652. The fourth-order valence-electron chi connectivity index (χ4n) is 1.52. The molecule has 0 bridgehead atoms. The van der Waals surface area contributed by atoms with Crippen LogP contribution in [0.3, 0.4) is 0 Å². The minimum atomic E-state index is -0.700. The third-order valence-corrected chi connectivity index (χ3v) is 2.43. The maximum atomic E-state index is 13.1. The summed E-state index contributed by atoms with van der Waals surface area (Å²) in [5.74, 6) is 2.13. The maximum absolute atomic E-state index is 13.1. The van der Waals surface area contributed by atoms with Gasteiger partial charge in [0.15, 0.2) is 6.10 Å². The first kappa shape index (κ1) is 15.0. The molecule has 19 heavy (non-hydrogen) atoms. The Morgan fingerprint density at radius 1 is 1.58 bits per heavy atom. The zero-order valence-corrected chi connectivity index (χ0v) is 11.0. The molecule has 0 heterocycles. The van der Waals surface area contributed by atoms with E-state index in [1.165, 1.54) is 18.2 Å². The van der Waals surface area contributed by atoms with E-state index in [4.69, 9.17) is 11.2 Å². The van der Waals surface area contributed by atoms with Crippen molar-refractivity contribution >= 4 is 5.91 Å². The lowest BCUT2D eigenvalue weighted by Crippen LogP contribution is -2.36. The van der Waals surface area contributed by atoms with Gasteiger partial charge < -0.3 is 15.4 Å². The van der Waals surface area contributed by atoms with E-state index in [-0.39, 0.29) is 18.3 Å². The minimum absolute atomic E-state index is 0.152. The maximum Gasteiger partial charge on any atom is 0.261 e. The van der Waals surface area contributed by atoms with Crippen molar-refractivity contribution in [3.05, 3.63) is 29.6 Å². The average molecular weight is 264 g/mol. The highest BCUT2D eigenvalue weighted by Crippen LogP contribution is 2.20. The lowest BCUT2D eigenvalue weighted by molar-refractivity contribution is -0.127. The summed E-state index contributed by atoms with van der Waals surface area (Å²) in [6, 6.07) is 4.17. The highest BCUT2D eigenvalue weighted by molar-refractivity contribution is 5.80. The predicted octanol–water partition coefficient (Wildman–Crippen LogP) is 1.06. The largest absolute Gasteiger partial charge is 0.481 e. The molecule has 2 N–H and O–H groups in total. The van der Waals surface area contributed by atoms with Gasteiger partial charge in [-0.15, -0.1) is 6.42 Å². The van der Waals surface area contributed by atoms with Crippen molar-refractivity contribution in [2.45, 2.75) is 19.6 Å². The quantitative estimate of drug-likeness (QED) is 0.755. The Morgan fingerprint density at radius 2 is 2.32 bits per heavy atom. The van der Waals surface area contributed by atoms with E-state index in [0.29, 0.717) is 17.9 Å². The van der Waals surface area contributed by atoms with Crippen molar-refractivity contribution in [3.63, 3.8) is 0 Å². The molecule has 5 heteroatoms. The van der Waals surface area contributed by atoms with E-state index in [1.807, 2.05) is 0 Å². The number of benzene rings is 1. The Morgan fingerprint density at radius 3 is 2.95 bits per heavy atom. The Hall–Kier alpha value is -2.06.